The summed E-state index contributed by atoms with van der Waals surface area (Å²) in [5.41, 5.74) is 0. The zero-order valence-electron chi connectivity index (χ0n) is 9.77. The van der Waals surface area contributed by atoms with Crippen LogP contribution in [-0.4, -0.2) is 48.8 Å². The van der Waals surface area contributed by atoms with Gasteiger partial charge in [-0.1, -0.05) is 11.3 Å². The van der Waals surface area contributed by atoms with Gasteiger partial charge >= 0.3 is 0 Å². The van der Waals surface area contributed by atoms with Crippen LogP contribution in [0.4, 0.5) is 5.13 Å². The maximum absolute atomic E-state index is 5.05. The third-order valence-corrected chi connectivity index (χ3v) is 4.09. The van der Waals surface area contributed by atoms with Gasteiger partial charge in [0.1, 0.15) is 0 Å². The molecular weight excluding hydrogens is 240 g/mol. The fourth-order valence-electron chi connectivity index (χ4n) is 2.18. The Morgan fingerprint density at radius 1 is 1.50 bits per heavy atom. The van der Waals surface area contributed by atoms with Crippen molar-refractivity contribution in [1.82, 2.24) is 15.1 Å². The monoisotopic (exact) mass is 258 g/mol. The number of aromatic nitrogens is 2. The summed E-state index contributed by atoms with van der Waals surface area (Å²) in [6, 6.07) is 0. The lowest BCUT2D eigenvalue weighted by molar-refractivity contribution is 0.285. The van der Waals surface area contributed by atoms with E-state index in [-0.39, 0.29) is 0 Å². The zero-order chi connectivity index (χ0) is 11.5. The predicted molar refractivity (Wildman–Crippen MR) is 70.8 cm³/mol. The lowest BCUT2D eigenvalue weighted by atomic mass is 9.97. The molecule has 1 aromatic rings. The maximum atomic E-state index is 5.05. The van der Waals surface area contributed by atoms with E-state index in [1.165, 1.54) is 19.4 Å². The van der Waals surface area contributed by atoms with Gasteiger partial charge in [0.25, 0.3) is 0 Å². The maximum Gasteiger partial charge on any atom is 0.206 e. The number of rotatable bonds is 3. The molecule has 0 radical (unpaired) electrons. The molecule has 4 nitrogen and oxygen atoms in total. The predicted octanol–water partition coefficient (Wildman–Crippen LogP) is 1.98. The molecule has 2 heterocycles. The highest BCUT2D eigenvalue weighted by molar-refractivity contribution is 7.73. The standard InChI is InChI=1S/C10H18N4S2/c1-13(2)7-8-3-5-14(6-4-8)9-11-12-10(15)16-9/h8H,3-7H2,1-2H3,(H,12,15). The van der Waals surface area contributed by atoms with E-state index in [2.05, 4.69) is 34.1 Å². The van der Waals surface area contributed by atoms with Crippen LogP contribution in [0.5, 0.6) is 0 Å². The molecule has 1 fully saturated rings. The summed E-state index contributed by atoms with van der Waals surface area (Å²) in [4.78, 5) is 4.61. The highest BCUT2D eigenvalue weighted by Crippen LogP contribution is 2.24. The second kappa shape index (κ2) is 5.25. The van der Waals surface area contributed by atoms with Crippen LogP contribution in [0.3, 0.4) is 0 Å². The summed E-state index contributed by atoms with van der Waals surface area (Å²) in [6.07, 6.45) is 2.51. The molecule has 0 unspecified atom stereocenters. The minimum atomic E-state index is 0.769. The topological polar surface area (TPSA) is 35.2 Å². The van der Waals surface area contributed by atoms with E-state index in [4.69, 9.17) is 12.2 Å². The number of aromatic amines is 1. The van der Waals surface area contributed by atoms with Gasteiger partial charge in [0.15, 0.2) is 3.95 Å². The van der Waals surface area contributed by atoms with Crippen LogP contribution in [0, 0.1) is 9.87 Å². The van der Waals surface area contributed by atoms with Crippen molar-refractivity contribution in [2.24, 2.45) is 5.92 Å². The molecule has 90 valence electrons. The van der Waals surface area contributed by atoms with Crippen molar-refractivity contribution < 1.29 is 0 Å². The summed E-state index contributed by atoms with van der Waals surface area (Å²) in [6.45, 7) is 3.41. The molecule has 16 heavy (non-hydrogen) atoms. The third-order valence-electron chi connectivity index (χ3n) is 2.94. The molecule has 1 saturated heterocycles. The molecule has 1 aliphatic rings. The van der Waals surface area contributed by atoms with Crippen molar-refractivity contribution in [2.75, 3.05) is 38.6 Å². The lowest BCUT2D eigenvalue weighted by Crippen LogP contribution is -2.37. The number of hydrogen-bond acceptors (Lipinski definition) is 5. The first-order chi connectivity index (χ1) is 7.65. The molecular formula is C10H18N4S2. The van der Waals surface area contributed by atoms with E-state index < -0.39 is 0 Å². The molecule has 0 aromatic carbocycles. The SMILES string of the molecule is CN(C)CC1CCN(c2n[nH]c(=S)s2)CC1. The van der Waals surface area contributed by atoms with Gasteiger partial charge in [-0.3, -0.25) is 5.10 Å². The molecule has 6 heteroatoms. The van der Waals surface area contributed by atoms with Gasteiger partial charge in [-0.05, 0) is 45.1 Å². The number of nitrogens with one attached hydrogen (secondary N) is 1. The van der Waals surface area contributed by atoms with Gasteiger partial charge in [-0.25, -0.2) is 0 Å². The molecule has 0 amide bonds. The molecule has 1 N–H and O–H groups in total. The Morgan fingerprint density at radius 3 is 2.69 bits per heavy atom. The lowest BCUT2D eigenvalue weighted by Gasteiger charge is -2.32. The van der Waals surface area contributed by atoms with E-state index >= 15 is 0 Å². The van der Waals surface area contributed by atoms with Gasteiger partial charge in [0, 0.05) is 19.6 Å². The van der Waals surface area contributed by atoms with Crippen LogP contribution in [0.2, 0.25) is 0 Å². The molecule has 0 aliphatic carbocycles. The summed E-state index contributed by atoms with van der Waals surface area (Å²) in [5.74, 6) is 0.832. The molecule has 0 spiro atoms. The summed E-state index contributed by atoms with van der Waals surface area (Å²) in [5, 5.41) is 8.12. The molecule has 0 atom stereocenters. The van der Waals surface area contributed by atoms with Crippen LogP contribution >= 0.6 is 23.6 Å². The minimum absolute atomic E-state index is 0.769. The quantitative estimate of drug-likeness (QED) is 0.841. The van der Waals surface area contributed by atoms with Gasteiger partial charge in [-0.15, -0.1) is 5.10 Å². The Morgan fingerprint density at radius 2 is 2.19 bits per heavy atom. The van der Waals surface area contributed by atoms with Gasteiger partial charge in [0.05, 0.1) is 0 Å². The first-order valence-electron chi connectivity index (χ1n) is 5.60. The smallest absolute Gasteiger partial charge is 0.206 e. The Labute approximate surface area is 105 Å². The zero-order valence-corrected chi connectivity index (χ0v) is 11.4. The highest BCUT2D eigenvalue weighted by Gasteiger charge is 2.21. The highest BCUT2D eigenvalue weighted by atomic mass is 32.1. The Kier molecular flexibility index (Phi) is 3.94. The Balaban J connectivity index is 1.88. The van der Waals surface area contributed by atoms with E-state index in [0.717, 1.165) is 28.1 Å². The van der Waals surface area contributed by atoms with Crippen LogP contribution in [0.15, 0.2) is 0 Å². The summed E-state index contributed by atoms with van der Waals surface area (Å²) in [7, 11) is 4.29. The molecule has 0 bridgehead atoms. The number of H-pyrrole nitrogens is 1. The number of anilines is 1. The second-order valence-corrected chi connectivity index (χ2v) is 6.23. The first kappa shape index (κ1) is 12.0. The largest absolute Gasteiger partial charge is 0.347 e. The molecule has 1 aliphatic heterocycles. The van der Waals surface area contributed by atoms with Crippen LogP contribution < -0.4 is 4.90 Å². The van der Waals surface area contributed by atoms with Crippen LogP contribution in [-0.2, 0) is 0 Å². The average molecular weight is 258 g/mol. The van der Waals surface area contributed by atoms with Gasteiger partial charge < -0.3 is 9.80 Å². The van der Waals surface area contributed by atoms with Crippen LogP contribution in [0.1, 0.15) is 12.8 Å². The van der Waals surface area contributed by atoms with Crippen LogP contribution in [0.25, 0.3) is 0 Å². The van der Waals surface area contributed by atoms with E-state index in [1.807, 2.05) is 0 Å². The number of hydrogen-bond donors (Lipinski definition) is 1. The Bertz CT molecular complexity index is 376. The minimum Gasteiger partial charge on any atom is -0.347 e. The van der Waals surface area contributed by atoms with Crippen molar-refractivity contribution in [2.45, 2.75) is 12.8 Å². The van der Waals surface area contributed by atoms with Crippen molar-refractivity contribution in [1.29, 1.82) is 0 Å². The number of piperidine rings is 1. The summed E-state index contributed by atoms with van der Waals surface area (Å²) >= 11 is 6.62. The van der Waals surface area contributed by atoms with Gasteiger partial charge in [0.2, 0.25) is 5.13 Å². The fraction of sp³-hybridized carbons (Fsp3) is 0.800. The second-order valence-electron chi connectivity index (χ2n) is 4.59. The van der Waals surface area contributed by atoms with E-state index in [0.29, 0.717) is 0 Å². The molecule has 1 aromatic heterocycles. The van der Waals surface area contributed by atoms with Crippen molar-refractivity contribution in [3.63, 3.8) is 0 Å². The number of nitrogens with zero attached hydrogens (tertiary/aromatic N) is 3. The van der Waals surface area contributed by atoms with E-state index in [9.17, 15) is 0 Å². The fourth-order valence-corrected chi connectivity index (χ4v) is 3.11. The van der Waals surface area contributed by atoms with Crippen molar-refractivity contribution in [3.8, 4) is 0 Å². The third kappa shape index (κ3) is 3.02. The van der Waals surface area contributed by atoms with Crippen molar-refractivity contribution >= 4 is 28.7 Å². The first-order valence-corrected chi connectivity index (χ1v) is 6.83. The van der Waals surface area contributed by atoms with Crippen molar-refractivity contribution in [3.05, 3.63) is 3.95 Å². The van der Waals surface area contributed by atoms with Gasteiger partial charge in [-0.2, -0.15) is 0 Å². The Hall–Kier alpha value is -0.460. The molecule has 2 rings (SSSR count). The normalized spacial score (nSPS) is 18.3. The molecule has 0 saturated carbocycles. The van der Waals surface area contributed by atoms with E-state index in [1.54, 1.807) is 11.3 Å². The summed E-state index contributed by atoms with van der Waals surface area (Å²) < 4.78 is 0.769. The average Bonchev–Trinajstić information content (AvgIpc) is 2.65.